The Labute approximate surface area is 143 Å². The van der Waals surface area contributed by atoms with E-state index in [9.17, 15) is 14.4 Å². The van der Waals surface area contributed by atoms with Gasteiger partial charge in [-0.3, -0.25) is 24.2 Å². The second-order valence-electron chi connectivity index (χ2n) is 5.34. The molecule has 7 nitrogen and oxygen atoms in total. The molecule has 0 unspecified atom stereocenters. The van der Waals surface area contributed by atoms with E-state index in [1.54, 1.807) is 24.3 Å². The van der Waals surface area contributed by atoms with Crippen molar-refractivity contribution < 1.29 is 19.1 Å². The lowest BCUT2D eigenvalue weighted by molar-refractivity contribution is -0.125. The van der Waals surface area contributed by atoms with Crippen molar-refractivity contribution >= 4 is 34.5 Å². The van der Waals surface area contributed by atoms with Gasteiger partial charge in [0, 0.05) is 24.9 Å². The highest BCUT2D eigenvalue weighted by atomic mass is 32.2. The van der Waals surface area contributed by atoms with Crippen LogP contribution >= 0.6 is 11.8 Å². The van der Waals surface area contributed by atoms with Crippen LogP contribution in [-0.4, -0.2) is 59.8 Å². The van der Waals surface area contributed by atoms with E-state index in [0.717, 1.165) is 16.7 Å². The molecule has 3 amide bonds. The molecular weight excluding hydrogens is 330 g/mol. The SMILES string of the molecule is O=C(/C=C1/SC(=O)N(CN2CCOCC2)C1=O)Nc1ccccc1. The fourth-order valence-electron chi connectivity index (χ4n) is 2.38. The lowest BCUT2D eigenvalue weighted by Crippen LogP contribution is -2.45. The van der Waals surface area contributed by atoms with E-state index in [1.165, 1.54) is 6.08 Å². The zero-order valence-electron chi connectivity index (χ0n) is 12.9. The summed E-state index contributed by atoms with van der Waals surface area (Å²) in [6.07, 6.45) is 1.18. The first-order valence-electron chi connectivity index (χ1n) is 7.55. The normalized spacial score (nSPS) is 20.7. The molecule has 0 atom stereocenters. The maximum Gasteiger partial charge on any atom is 0.294 e. The van der Waals surface area contributed by atoms with Gasteiger partial charge in [0.25, 0.3) is 11.1 Å². The van der Waals surface area contributed by atoms with Gasteiger partial charge in [-0.25, -0.2) is 0 Å². The summed E-state index contributed by atoms with van der Waals surface area (Å²) in [4.78, 5) is 39.7. The highest BCUT2D eigenvalue weighted by Gasteiger charge is 2.36. The molecule has 8 heteroatoms. The largest absolute Gasteiger partial charge is 0.379 e. The Hall–Kier alpha value is -2.16. The van der Waals surface area contributed by atoms with Crippen molar-refractivity contribution in [3.63, 3.8) is 0 Å². The molecular formula is C16H17N3O4S. The molecule has 0 aromatic heterocycles. The number of morpholine rings is 1. The van der Waals surface area contributed by atoms with Crippen LogP contribution in [0, 0.1) is 0 Å². The van der Waals surface area contributed by atoms with Crippen LogP contribution in [0.3, 0.4) is 0 Å². The number of nitrogens with one attached hydrogen (secondary N) is 1. The molecule has 2 aliphatic heterocycles. The molecule has 2 heterocycles. The average Bonchev–Trinajstić information content (AvgIpc) is 2.84. The van der Waals surface area contributed by atoms with Crippen LogP contribution in [0.4, 0.5) is 10.5 Å². The lowest BCUT2D eigenvalue weighted by Gasteiger charge is -2.29. The number of nitrogens with zero attached hydrogens (tertiary/aromatic N) is 2. The standard InChI is InChI=1S/C16H17N3O4S/c20-14(17-12-4-2-1-3-5-12)10-13-15(21)19(16(22)24-13)11-18-6-8-23-9-7-18/h1-5,10H,6-9,11H2,(H,17,20)/b13-10+. The van der Waals surface area contributed by atoms with Crippen LogP contribution < -0.4 is 5.32 Å². The molecule has 24 heavy (non-hydrogen) atoms. The predicted octanol–water partition coefficient (Wildman–Crippen LogP) is 1.49. The van der Waals surface area contributed by atoms with Gasteiger partial charge in [0.15, 0.2) is 0 Å². The van der Waals surface area contributed by atoms with Gasteiger partial charge in [0.1, 0.15) is 0 Å². The minimum atomic E-state index is -0.432. The van der Waals surface area contributed by atoms with Gasteiger partial charge in [0.2, 0.25) is 5.91 Å². The third kappa shape index (κ3) is 4.02. The monoisotopic (exact) mass is 347 g/mol. The zero-order chi connectivity index (χ0) is 16.9. The summed E-state index contributed by atoms with van der Waals surface area (Å²) in [6.45, 7) is 2.76. The number of para-hydroxylation sites is 1. The van der Waals surface area contributed by atoms with E-state index in [-0.39, 0.29) is 16.8 Å². The van der Waals surface area contributed by atoms with Gasteiger partial charge in [-0.2, -0.15) is 0 Å². The van der Waals surface area contributed by atoms with E-state index in [2.05, 4.69) is 5.32 Å². The number of benzene rings is 1. The molecule has 126 valence electrons. The van der Waals surface area contributed by atoms with Gasteiger partial charge in [-0.1, -0.05) is 18.2 Å². The number of carbonyl (C=O) groups excluding carboxylic acids is 3. The van der Waals surface area contributed by atoms with Crippen molar-refractivity contribution in [3.05, 3.63) is 41.3 Å². The molecule has 0 spiro atoms. The topological polar surface area (TPSA) is 79.0 Å². The van der Waals surface area contributed by atoms with Crippen molar-refractivity contribution in [2.45, 2.75) is 0 Å². The molecule has 0 aliphatic carbocycles. The summed E-state index contributed by atoms with van der Waals surface area (Å²) in [7, 11) is 0. The number of rotatable bonds is 4. The summed E-state index contributed by atoms with van der Waals surface area (Å²) in [5.41, 5.74) is 0.631. The van der Waals surface area contributed by atoms with E-state index >= 15 is 0 Å². The predicted molar refractivity (Wildman–Crippen MR) is 90.2 cm³/mol. The average molecular weight is 347 g/mol. The zero-order valence-corrected chi connectivity index (χ0v) is 13.8. The highest BCUT2D eigenvalue weighted by molar-refractivity contribution is 8.18. The summed E-state index contributed by atoms with van der Waals surface area (Å²) in [5.74, 6) is -0.863. The van der Waals surface area contributed by atoms with E-state index in [0.29, 0.717) is 32.0 Å². The number of thioether (sulfide) groups is 1. The maximum atomic E-state index is 12.4. The Morgan fingerprint density at radius 2 is 1.92 bits per heavy atom. The van der Waals surface area contributed by atoms with Crippen LogP contribution in [0.1, 0.15) is 0 Å². The second kappa shape index (κ2) is 7.61. The molecule has 0 radical (unpaired) electrons. The molecule has 0 bridgehead atoms. The van der Waals surface area contributed by atoms with Gasteiger partial charge in [-0.15, -0.1) is 0 Å². The molecule has 1 aromatic carbocycles. The quantitative estimate of drug-likeness (QED) is 0.832. The second-order valence-corrected chi connectivity index (χ2v) is 6.33. The van der Waals surface area contributed by atoms with Crippen molar-refractivity contribution in [3.8, 4) is 0 Å². The Kier molecular flexibility index (Phi) is 5.29. The van der Waals surface area contributed by atoms with Gasteiger partial charge < -0.3 is 10.1 Å². The molecule has 1 aromatic rings. The number of hydrogen-bond acceptors (Lipinski definition) is 6. The van der Waals surface area contributed by atoms with E-state index < -0.39 is 11.8 Å². The minimum Gasteiger partial charge on any atom is -0.379 e. The number of anilines is 1. The Bertz CT molecular complexity index is 671. The molecule has 2 aliphatic rings. The summed E-state index contributed by atoms with van der Waals surface area (Å²) >= 11 is 0.789. The smallest absolute Gasteiger partial charge is 0.294 e. The Balaban J connectivity index is 1.63. The Morgan fingerprint density at radius 1 is 1.21 bits per heavy atom. The highest BCUT2D eigenvalue weighted by Crippen LogP contribution is 2.30. The number of hydrogen-bond donors (Lipinski definition) is 1. The minimum absolute atomic E-state index is 0.140. The maximum absolute atomic E-state index is 12.4. The number of imide groups is 1. The fourth-order valence-corrected chi connectivity index (χ4v) is 3.19. The number of carbonyl (C=O) groups is 3. The van der Waals surface area contributed by atoms with Crippen LogP contribution in [-0.2, 0) is 14.3 Å². The molecule has 1 N–H and O–H groups in total. The summed E-state index contributed by atoms with van der Waals surface area (Å²) in [6, 6.07) is 8.93. The van der Waals surface area contributed by atoms with Gasteiger partial charge >= 0.3 is 0 Å². The third-order valence-corrected chi connectivity index (χ3v) is 4.53. The van der Waals surface area contributed by atoms with Gasteiger partial charge in [0.05, 0.1) is 24.8 Å². The first-order chi connectivity index (χ1) is 11.6. The Morgan fingerprint density at radius 3 is 2.62 bits per heavy atom. The molecule has 2 saturated heterocycles. The lowest BCUT2D eigenvalue weighted by atomic mass is 10.3. The molecule has 0 saturated carbocycles. The van der Waals surface area contributed by atoms with Crippen molar-refractivity contribution in [2.24, 2.45) is 0 Å². The van der Waals surface area contributed by atoms with Crippen molar-refractivity contribution in [2.75, 3.05) is 38.3 Å². The first-order valence-corrected chi connectivity index (χ1v) is 8.36. The van der Waals surface area contributed by atoms with Crippen LogP contribution in [0.5, 0.6) is 0 Å². The van der Waals surface area contributed by atoms with Crippen molar-refractivity contribution in [1.29, 1.82) is 0 Å². The third-order valence-electron chi connectivity index (χ3n) is 3.62. The molecule has 3 rings (SSSR count). The van der Waals surface area contributed by atoms with Gasteiger partial charge in [-0.05, 0) is 23.9 Å². The first kappa shape index (κ1) is 16.7. The van der Waals surface area contributed by atoms with Crippen LogP contribution in [0.2, 0.25) is 0 Å². The van der Waals surface area contributed by atoms with E-state index in [4.69, 9.17) is 4.74 Å². The fraction of sp³-hybridized carbons (Fsp3) is 0.312. The molecule has 2 fully saturated rings. The summed E-state index contributed by atoms with van der Waals surface area (Å²) < 4.78 is 5.25. The number of ether oxygens (including phenoxy) is 1. The number of amides is 3. The summed E-state index contributed by atoms with van der Waals surface area (Å²) in [5, 5.41) is 2.31. The van der Waals surface area contributed by atoms with Crippen LogP contribution in [0.25, 0.3) is 0 Å². The van der Waals surface area contributed by atoms with E-state index in [1.807, 2.05) is 11.0 Å². The van der Waals surface area contributed by atoms with Crippen LogP contribution in [0.15, 0.2) is 41.3 Å². The van der Waals surface area contributed by atoms with Crippen molar-refractivity contribution in [1.82, 2.24) is 9.80 Å².